The van der Waals surface area contributed by atoms with Crippen LogP contribution in [0.25, 0.3) is 11.3 Å². The molecule has 1 aromatic carbocycles. The number of amides is 1. The van der Waals surface area contributed by atoms with Gasteiger partial charge in [0.25, 0.3) is 5.91 Å². The standard InChI is InChI=1S/C21H29ClN4O3/c1-26-18(29-12-11-23)13-17(25-26)15-7-6-8-16(19(15)22)20(27)24-14-21(28)9-4-2-3-5-10-21/h6-8,13,28H,2-5,9-12,14,23H2,1H3,(H,24,27). The molecule has 1 heterocycles. The number of aromatic nitrogens is 2. The van der Waals surface area contributed by atoms with Gasteiger partial charge < -0.3 is 20.9 Å². The zero-order chi connectivity index (χ0) is 20.9. The summed E-state index contributed by atoms with van der Waals surface area (Å²) in [5.74, 6) is 0.275. The molecule has 2 aromatic rings. The SMILES string of the molecule is Cn1nc(-c2cccc(C(=O)NCC3(O)CCCCCC3)c2Cl)cc1OCCN. The van der Waals surface area contributed by atoms with Crippen LogP contribution in [0.1, 0.15) is 48.9 Å². The Morgan fingerprint density at radius 2 is 2.07 bits per heavy atom. The van der Waals surface area contributed by atoms with E-state index in [0.29, 0.717) is 53.7 Å². The third-order valence-electron chi connectivity index (χ3n) is 5.34. The van der Waals surface area contributed by atoms with E-state index in [9.17, 15) is 9.90 Å². The number of nitrogens with two attached hydrogens (primary N) is 1. The second kappa shape index (κ2) is 9.61. The van der Waals surface area contributed by atoms with Crippen molar-refractivity contribution >= 4 is 17.5 Å². The minimum absolute atomic E-state index is 0.229. The predicted octanol–water partition coefficient (Wildman–Crippen LogP) is 2.89. The number of aliphatic hydroxyl groups is 1. The quantitative estimate of drug-likeness (QED) is 0.597. The molecule has 0 aliphatic heterocycles. The van der Waals surface area contributed by atoms with Crippen LogP contribution in [-0.4, -0.2) is 46.1 Å². The van der Waals surface area contributed by atoms with Crippen LogP contribution < -0.4 is 15.8 Å². The number of nitrogens with zero attached hydrogens (tertiary/aromatic N) is 2. The van der Waals surface area contributed by atoms with Gasteiger partial charge in [-0.15, -0.1) is 0 Å². The van der Waals surface area contributed by atoms with Crippen LogP contribution in [0.5, 0.6) is 5.88 Å². The first-order chi connectivity index (χ1) is 13.9. The topological polar surface area (TPSA) is 102 Å². The lowest BCUT2D eigenvalue weighted by Gasteiger charge is -2.27. The van der Waals surface area contributed by atoms with Gasteiger partial charge in [-0.3, -0.25) is 4.79 Å². The number of carbonyl (C=O) groups is 1. The van der Waals surface area contributed by atoms with E-state index in [1.54, 1.807) is 29.9 Å². The summed E-state index contributed by atoms with van der Waals surface area (Å²) in [6, 6.07) is 7.03. The van der Waals surface area contributed by atoms with Gasteiger partial charge in [-0.25, -0.2) is 4.68 Å². The number of halogens is 1. The van der Waals surface area contributed by atoms with Crippen molar-refractivity contribution in [1.82, 2.24) is 15.1 Å². The summed E-state index contributed by atoms with van der Waals surface area (Å²) >= 11 is 6.55. The third kappa shape index (κ3) is 5.29. The van der Waals surface area contributed by atoms with Crippen LogP contribution in [-0.2, 0) is 7.05 Å². The molecule has 7 nitrogen and oxygen atoms in total. The summed E-state index contributed by atoms with van der Waals surface area (Å²) in [7, 11) is 1.77. The Hall–Kier alpha value is -2.09. The molecule has 0 bridgehead atoms. The van der Waals surface area contributed by atoms with E-state index in [1.165, 1.54) is 0 Å². The lowest BCUT2D eigenvalue weighted by Crippen LogP contribution is -2.42. The molecule has 1 saturated carbocycles. The molecule has 3 rings (SSSR count). The Balaban J connectivity index is 1.75. The first-order valence-electron chi connectivity index (χ1n) is 10.1. The van der Waals surface area contributed by atoms with Gasteiger partial charge in [0.2, 0.25) is 5.88 Å². The maximum Gasteiger partial charge on any atom is 0.252 e. The molecule has 8 heteroatoms. The van der Waals surface area contributed by atoms with Gasteiger partial charge in [-0.2, -0.15) is 5.10 Å². The average Bonchev–Trinajstić information content (AvgIpc) is 2.92. The summed E-state index contributed by atoms with van der Waals surface area (Å²) in [4.78, 5) is 12.8. The Kier molecular flexibility index (Phi) is 7.16. The molecule has 1 fully saturated rings. The second-order valence-electron chi connectivity index (χ2n) is 7.62. The van der Waals surface area contributed by atoms with Gasteiger partial charge >= 0.3 is 0 Å². The zero-order valence-corrected chi connectivity index (χ0v) is 17.5. The minimum Gasteiger partial charge on any atom is -0.476 e. The maximum atomic E-state index is 12.8. The Morgan fingerprint density at radius 3 is 2.76 bits per heavy atom. The highest BCUT2D eigenvalue weighted by Crippen LogP contribution is 2.32. The van der Waals surface area contributed by atoms with Crippen LogP contribution in [0, 0.1) is 0 Å². The van der Waals surface area contributed by atoms with Crippen molar-refractivity contribution in [3.8, 4) is 17.1 Å². The number of hydrogen-bond acceptors (Lipinski definition) is 5. The van der Waals surface area contributed by atoms with E-state index in [-0.39, 0.29) is 12.5 Å². The Bertz CT molecular complexity index is 844. The molecule has 1 aliphatic carbocycles. The van der Waals surface area contributed by atoms with Crippen LogP contribution in [0.2, 0.25) is 5.02 Å². The van der Waals surface area contributed by atoms with E-state index < -0.39 is 5.60 Å². The fraction of sp³-hybridized carbons (Fsp3) is 0.524. The molecule has 0 spiro atoms. The fourth-order valence-corrected chi connectivity index (χ4v) is 4.00. The van der Waals surface area contributed by atoms with E-state index >= 15 is 0 Å². The molecule has 4 N–H and O–H groups in total. The normalized spacial score (nSPS) is 16.3. The summed E-state index contributed by atoms with van der Waals surface area (Å²) in [6.07, 6.45) is 5.64. The van der Waals surface area contributed by atoms with E-state index in [0.717, 1.165) is 25.7 Å². The minimum atomic E-state index is -0.841. The highest BCUT2D eigenvalue weighted by Gasteiger charge is 2.29. The van der Waals surface area contributed by atoms with Crippen LogP contribution in [0.4, 0.5) is 0 Å². The Morgan fingerprint density at radius 1 is 1.34 bits per heavy atom. The molecule has 29 heavy (non-hydrogen) atoms. The van der Waals surface area contributed by atoms with E-state index in [2.05, 4.69) is 10.4 Å². The third-order valence-corrected chi connectivity index (χ3v) is 5.74. The molecule has 1 aromatic heterocycles. The van der Waals surface area contributed by atoms with Gasteiger partial charge in [-0.05, 0) is 18.9 Å². The lowest BCUT2D eigenvalue weighted by atomic mass is 9.94. The molecule has 1 amide bonds. The van der Waals surface area contributed by atoms with Crippen LogP contribution in [0.3, 0.4) is 0 Å². The van der Waals surface area contributed by atoms with Crippen molar-refractivity contribution in [3.05, 3.63) is 34.9 Å². The van der Waals surface area contributed by atoms with Crippen molar-refractivity contribution in [1.29, 1.82) is 0 Å². The average molecular weight is 421 g/mol. The molecular weight excluding hydrogens is 392 g/mol. The summed E-state index contributed by atoms with van der Waals surface area (Å²) in [6.45, 7) is 1.02. The van der Waals surface area contributed by atoms with Crippen molar-refractivity contribution in [3.63, 3.8) is 0 Å². The first kappa shape index (κ1) is 21.6. The predicted molar refractivity (Wildman–Crippen MR) is 113 cm³/mol. The number of nitrogens with one attached hydrogen (secondary N) is 1. The largest absolute Gasteiger partial charge is 0.476 e. The number of rotatable bonds is 7. The molecule has 0 radical (unpaired) electrons. The Labute approximate surface area is 176 Å². The van der Waals surface area contributed by atoms with Gasteiger partial charge in [0.15, 0.2) is 0 Å². The number of aryl methyl sites for hydroxylation is 1. The van der Waals surface area contributed by atoms with Crippen LogP contribution >= 0.6 is 11.6 Å². The van der Waals surface area contributed by atoms with Gasteiger partial charge in [0.05, 0.1) is 21.9 Å². The molecule has 0 saturated heterocycles. The smallest absolute Gasteiger partial charge is 0.252 e. The van der Waals surface area contributed by atoms with E-state index in [4.69, 9.17) is 22.1 Å². The molecule has 158 valence electrons. The number of hydrogen-bond donors (Lipinski definition) is 3. The summed E-state index contributed by atoms with van der Waals surface area (Å²) in [5, 5.41) is 18.4. The van der Waals surface area contributed by atoms with Gasteiger partial charge in [0.1, 0.15) is 6.61 Å². The maximum absolute atomic E-state index is 12.8. The zero-order valence-electron chi connectivity index (χ0n) is 16.8. The molecular formula is C21H29ClN4O3. The molecule has 0 unspecified atom stereocenters. The monoisotopic (exact) mass is 420 g/mol. The van der Waals surface area contributed by atoms with Gasteiger partial charge in [-0.1, -0.05) is 49.4 Å². The number of benzene rings is 1. The molecule has 0 atom stereocenters. The fourth-order valence-electron chi connectivity index (χ4n) is 3.69. The highest BCUT2D eigenvalue weighted by molar-refractivity contribution is 6.36. The highest BCUT2D eigenvalue weighted by atomic mass is 35.5. The summed E-state index contributed by atoms with van der Waals surface area (Å²) < 4.78 is 7.16. The van der Waals surface area contributed by atoms with Gasteiger partial charge in [0, 0.05) is 31.8 Å². The second-order valence-corrected chi connectivity index (χ2v) is 7.99. The number of ether oxygens (including phenoxy) is 1. The number of carbonyl (C=O) groups excluding carboxylic acids is 1. The van der Waals surface area contributed by atoms with E-state index in [1.807, 2.05) is 6.07 Å². The van der Waals surface area contributed by atoms with Crippen molar-refractivity contribution in [2.24, 2.45) is 12.8 Å². The van der Waals surface area contributed by atoms with Crippen molar-refractivity contribution in [2.75, 3.05) is 19.7 Å². The van der Waals surface area contributed by atoms with Crippen molar-refractivity contribution < 1.29 is 14.6 Å². The van der Waals surface area contributed by atoms with Crippen LogP contribution in [0.15, 0.2) is 24.3 Å². The summed E-state index contributed by atoms with van der Waals surface area (Å²) in [5.41, 5.74) is 6.26. The first-order valence-corrected chi connectivity index (χ1v) is 10.5. The van der Waals surface area contributed by atoms with Crippen molar-refractivity contribution in [2.45, 2.75) is 44.1 Å². The lowest BCUT2D eigenvalue weighted by molar-refractivity contribution is 0.0246. The molecule has 1 aliphatic rings.